The van der Waals surface area contributed by atoms with E-state index in [1.54, 1.807) is 4.90 Å². The molecule has 1 N–H and O–H groups in total. The lowest BCUT2D eigenvalue weighted by Crippen LogP contribution is -2.48. The van der Waals surface area contributed by atoms with Crippen LogP contribution in [0.15, 0.2) is 48.5 Å². The smallest absolute Gasteiger partial charge is 0.406 e. The van der Waals surface area contributed by atoms with E-state index in [1.807, 2.05) is 6.92 Å². The van der Waals surface area contributed by atoms with Crippen molar-refractivity contribution in [3.63, 3.8) is 0 Å². The number of halogens is 6. The molecule has 0 radical (unpaired) electrons. The predicted octanol–water partition coefficient (Wildman–Crippen LogP) is 6.23. The number of hydrogen-bond acceptors (Lipinski definition) is 2. The summed E-state index contributed by atoms with van der Waals surface area (Å²) < 4.78 is 79.5. The first-order valence-corrected chi connectivity index (χ1v) is 9.46. The van der Waals surface area contributed by atoms with E-state index >= 15 is 0 Å². The second-order valence-corrected chi connectivity index (χ2v) is 7.63. The molecule has 3 rings (SSSR count). The molecule has 0 spiro atoms. The zero-order valence-electron chi connectivity index (χ0n) is 16.5. The fraction of sp³-hybridized carbons (Fsp3) is 0.381. The quantitative estimate of drug-likeness (QED) is 0.566. The third-order valence-corrected chi connectivity index (χ3v) is 5.18. The molecule has 1 unspecified atom stereocenters. The van der Waals surface area contributed by atoms with Crippen LogP contribution < -0.4 is 10.1 Å². The molecule has 1 saturated heterocycles. The summed E-state index contributed by atoms with van der Waals surface area (Å²) in [6.45, 7) is 2.25. The summed E-state index contributed by atoms with van der Waals surface area (Å²) in [7, 11) is 0. The highest BCUT2D eigenvalue weighted by atomic mass is 19.4. The number of ether oxygens (including phenoxy) is 1. The van der Waals surface area contributed by atoms with Gasteiger partial charge in [-0.2, -0.15) is 13.2 Å². The lowest BCUT2D eigenvalue weighted by Gasteiger charge is -2.35. The van der Waals surface area contributed by atoms with Crippen molar-refractivity contribution >= 4 is 11.7 Å². The molecule has 0 bridgehead atoms. The summed E-state index contributed by atoms with van der Waals surface area (Å²) in [5, 5.41) is 2.51. The van der Waals surface area contributed by atoms with Crippen LogP contribution in [0, 0.1) is 0 Å². The maximum atomic E-state index is 12.9. The van der Waals surface area contributed by atoms with Crippen LogP contribution in [0.1, 0.15) is 30.9 Å². The van der Waals surface area contributed by atoms with Crippen molar-refractivity contribution < 1.29 is 35.9 Å². The standard InChI is InChI=1S/C21H20F6N2O2/c1-19(13-14-6-8-17(9-7-14)31-21(25,26)27)10-3-11-29(19)18(30)28-16-5-2-4-15(12-16)20(22,23)24/h2,4-9,12H,3,10-11,13H2,1H3,(H,28,30). The number of carbonyl (C=O) groups is 1. The molecule has 2 aromatic carbocycles. The lowest BCUT2D eigenvalue weighted by molar-refractivity contribution is -0.274. The van der Waals surface area contributed by atoms with E-state index in [4.69, 9.17) is 0 Å². The number of benzene rings is 2. The van der Waals surface area contributed by atoms with Crippen molar-refractivity contribution in [1.29, 1.82) is 0 Å². The minimum absolute atomic E-state index is 0.0303. The molecule has 1 fully saturated rings. The molecular weight excluding hydrogens is 426 g/mol. The van der Waals surface area contributed by atoms with Crippen LogP contribution in [0.3, 0.4) is 0 Å². The second kappa shape index (κ2) is 8.32. The number of urea groups is 1. The largest absolute Gasteiger partial charge is 0.573 e. The van der Waals surface area contributed by atoms with Crippen molar-refractivity contribution in [3.8, 4) is 5.75 Å². The summed E-state index contributed by atoms with van der Waals surface area (Å²) in [4.78, 5) is 14.3. The van der Waals surface area contributed by atoms with E-state index in [2.05, 4.69) is 10.1 Å². The zero-order valence-corrected chi connectivity index (χ0v) is 16.5. The summed E-state index contributed by atoms with van der Waals surface area (Å²) >= 11 is 0. The fourth-order valence-corrected chi connectivity index (χ4v) is 3.77. The van der Waals surface area contributed by atoms with Gasteiger partial charge in [-0.25, -0.2) is 4.79 Å². The number of hydrogen-bond donors (Lipinski definition) is 1. The van der Waals surface area contributed by atoms with Gasteiger partial charge in [0.25, 0.3) is 0 Å². The Balaban J connectivity index is 1.70. The summed E-state index contributed by atoms with van der Waals surface area (Å²) in [5.74, 6) is -0.341. The molecule has 168 valence electrons. The van der Waals surface area contributed by atoms with Crippen molar-refractivity contribution in [3.05, 3.63) is 59.7 Å². The van der Waals surface area contributed by atoms with Crippen molar-refractivity contribution in [2.75, 3.05) is 11.9 Å². The van der Waals surface area contributed by atoms with Crippen LogP contribution >= 0.6 is 0 Å². The summed E-state index contributed by atoms with van der Waals surface area (Å²) in [5.41, 5.74) is -0.771. The highest BCUT2D eigenvalue weighted by Gasteiger charge is 2.40. The van der Waals surface area contributed by atoms with E-state index in [1.165, 1.54) is 36.4 Å². The average Bonchev–Trinajstić information content (AvgIpc) is 3.03. The summed E-state index contributed by atoms with van der Waals surface area (Å²) in [6, 6.07) is 9.23. The van der Waals surface area contributed by atoms with Gasteiger partial charge in [0.1, 0.15) is 5.75 Å². The molecule has 0 aliphatic carbocycles. The minimum Gasteiger partial charge on any atom is -0.406 e. The van der Waals surface area contributed by atoms with Gasteiger partial charge in [0, 0.05) is 17.8 Å². The Morgan fingerprint density at radius 2 is 1.77 bits per heavy atom. The Hall–Kier alpha value is -2.91. The molecule has 1 heterocycles. The Kier molecular flexibility index (Phi) is 6.11. The van der Waals surface area contributed by atoms with Gasteiger partial charge in [-0.1, -0.05) is 18.2 Å². The van der Waals surface area contributed by atoms with Gasteiger partial charge in [0.05, 0.1) is 5.56 Å². The molecule has 1 aliphatic heterocycles. The van der Waals surface area contributed by atoms with Crippen LogP contribution in [0.4, 0.5) is 36.8 Å². The Morgan fingerprint density at radius 1 is 1.10 bits per heavy atom. The number of rotatable bonds is 4. The molecule has 1 aliphatic rings. The Morgan fingerprint density at radius 3 is 2.39 bits per heavy atom. The summed E-state index contributed by atoms with van der Waals surface area (Å²) in [6.07, 6.45) is -7.59. The van der Waals surface area contributed by atoms with E-state index < -0.39 is 29.7 Å². The van der Waals surface area contributed by atoms with Crippen molar-refractivity contribution in [1.82, 2.24) is 4.90 Å². The topological polar surface area (TPSA) is 41.6 Å². The lowest BCUT2D eigenvalue weighted by atomic mass is 9.90. The number of nitrogens with zero attached hydrogens (tertiary/aromatic N) is 1. The Labute approximate surface area is 174 Å². The van der Waals surface area contributed by atoms with Crippen molar-refractivity contribution in [2.24, 2.45) is 0 Å². The average molecular weight is 446 g/mol. The molecule has 0 saturated carbocycles. The van der Waals surface area contributed by atoms with E-state index in [0.29, 0.717) is 31.4 Å². The van der Waals surface area contributed by atoms with Gasteiger partial charge in [0.15, 0.2) is 0 Å². The zero-order chi connectivity index (χ0) is 22.9. The van der Waals surface area contributed by atoms with Gasteiger partial charge < -0.3 is 15.0 Å². The predicted molar refractivity (Wildman–Crippen MR) is 102 cm³/mol. The van der Waals surface area contributed by atoms with Crippen LogP contribution in [0.5, 0.6) is 5.75 Å². The SMILES string of the molecule is CC1(Cc2ccc(OC(F)(F)F)cc2)CCCN1C(=O)Nc1cccc(C(F)(F)F)c1. The molecule has 2 amide bonds. The highest BCUT2D eigenvalue weighted by Crippen LogP contribution is 2.35. The number of alkyl halides is 6. The molecule has 31 heavy (non-hydrogen) atoms. The van der Waals surface area contributed by atoms with Crippen LogP contribution in [-0.2, 0) is 12.6 Å². The van der Waals surface area contributed by atoms with Gasteiger partial charge >= 0.3 is 18.6 Å². The van der Waals surface area contributed by atoms with Gasteiger partial charge in [-0.3, -0.25) is 0 Å². The normalized spacial score (nSPS) is 19.4. The number of carbonyl (C=O) groups excluding carboxylic acids is 1. The molecule has 4 nitrogen and oxygen atoms in total. The number of likely N-dealkylation sites (tertiary alicyclic amines) is 1. The first-order valence-electron chi connectivity index (χ1n) is 9.46. The van der Waals surface area contributed by atoms with Crippen LogP contribution in [-0.4, -0.2) is 29.4 Å². The van der Waals surface area contributed by atoms with Gasteiger partial charge in [0.2, 0.25) is 0 Å². The molecule has 0 aromatic heterocycles. The number of nitrogens with one attached hydrogen (secondary N) is 1. The number of anilines is 1. The maximum absolute atomic E-state index is 12.9. The monoisotopic (exact) mass is 446 g/mol. The van der Waals surface area contributed by atoms with E-state index in [9.17, 15) is 31.1 Å². The van der Waals surface area contributed by atoms with Crippen LogP contribution in [0.25, 0.3) is 0 Å². The van der Waals surface area contributed by atoms with E-state index in [-0.39, 0.29) is 11.4 Å². The second-order valence-electron chi connectivity index (χ2n) is 7.63. The minimum atomic E-state index is -4.78. The first kappa shape index (κ1) is 22.8. The van der Waals surface area contributed by atoms with Gasteiger partial charge in [-0.15, -0.1) is 13.2 Å². The highest BCUT2D eigenvalue weighted by molar-refractivity contribution is 5.90. The maximum Gasteiger partial charge on any atom is 0.573 e. The molecule has 1 atom stereocenters. The fourth-order valence-electron chi connectivity index (χ4n) is 3.77. The molecular formula is C21H20F6N2O2. The van der Waals surface area contributed by atoms with E-state index in [0.717, 1.165) is 12.1 Å². The molecule has 10 heteroatoms. The third-order valence-electron chi connectivity index (χ3n) is 5.18. The third kappa shape index (κ3) is 5.83. The Bertz CT molecular complexity index is 927. The first-order chi connectivity index (χ1) is 14.4. The number of amides is 2. The van der Waals surface area contributed by atoms with Gasteiger partial charge in [-0.05, 0) is 62.1 Å². The van der Waals surface area contributed by atoms with Crippen molar-refractivity contribution in [2.45, 2.75) is 44.3 Å². The van der Waals surface area contributed by atoms with Crippen LogP contribution in [0.2, 0.25) is 0 Å². The molecule has 2 aromatic rings.